The number of aromatic amines is 1. The summed E-state index contributed by atoms with van der Waals surface area (Å²) in [5.74, 6) is 2.51. The van der Waals surface area contributed by atoms with Crippen molar-refractivity contribution in [2.24, 2.45) is 5.92 Å². The van der Waals surface area contributed by atoms with E-state index in [-0.39, 0.29) is 23.1 Å². The molecule has 0 fully saturated rings. The number of furan rings is 1. The molecule has 3 heterocycles. The molecule has 1 unspecified atom stereocenters. The van der Waals surface area contributed by atoms with Crippen LogP contribution in [0.25, 0.3) is 10.9 Å². The molecule has 0 saturated carbocycles. The first-order valence-electron chi connectivity index (χ1n) is 12.0. The second-order valence-corrected chi connectivity index (χ2v) is 10.1. The summed E-state index contributed by atoms with van der Waals surface area (Å²) in [6.07, 6.45) is 1.66. The van der Waals surface area contributed by atoms with Gasteiger partial charge in [0.2, 0.25) is 0 Å². The minimum absolute atomic E-state index is 0.121. The van der Waals surface area contributed by atoms with E-state index in [0.29, 0.717) is 25.3 Å². The van der Waals surface area contributed by atoms with Crippen molar-refractivity contribution in [3.05, 3.63) is 70.2 Å². The van der Waals surface area contributed by atoms with Crippen molar-refractivity contribution in [2.45, 2.75) is 66.2 Å². The SMILES string of the molecule is CCOc1ccc2[nH]c(=O)c(CN(Cc3ccco3)C(c3nnnn3C(C)(C)C)C(C)C)cc2c1. The van der Waals surface area contributed by atoms with Gasteiger partial charge in [-0.05, 0) is 80.4 Å². The normalized spacial score (nSPS) is 13.1. The molecule has 3 aromatic heterocycles. The van der Waals surface area contributed by atoms with Crippen molar-refractivity contribution >= 4 is 10.9 Å². The summed E-state index contributed by atoms with van der Waals surface area (Å²) in [5.41, 5.74) is 1.01. The molecule has 4 rings (SSSR count). The minimum Gasteiger partial charge on any atom is -0.494 e. The Hall–Kier alpha value is -3.46. The summed E-state index contributed by atoms with van der Waals surface area (Å²) in [6, 6.07) is 11.3. The number of aromatic nitrogens is 5. The minimum atomic E-state index is -0.293. The van der Waals surface area contributed by atoms with Crippen LogP contribution in [0, 0.1) is 5.92 Å². The van der Waals surface area contributed by atoms with E-state index in [2.05, 4.69) is 60.0 Å². The topological polar surface area (TPSA) is 102 Å². The van der Waals surface area contributed by atoms with E-state index in [9.17, 15) is 4.79 Å². The highest BCUT2D eigenvalue weighted by Crippen LogP contribution is 2.32. The molecule has 0 aliphatic rings. The molecule has 35 heavy (non-hydrogen) atoms. The average molecular weight is 479 g/mol. The molecule has 0 saturated heterocycles. The molecule has 9 heteroatoms. The maximum Gasteiger partial charge on any atom is 0.252 e. The van der Waals surface area contributed by atoms with E-state index in [1.165, 1.54) is 0 Å². The van der Waals surface area contributed by atoms with Crippen molar-refractivity contribution in [3.8, 4) is 5.75 Å². The number of benzene rings is 1. The molecule has 1 atom stereocenters. The lowest BCUT2D eigenvalue weighted by molar-refractivity contribution is 0.111. The average Bonchev–Trinajstić information content (AvgIpc) is 3.47. The third kappa shape index (κ3) is 5.45. The van der Waals surface area contributed by atoms with E-state index in [4.69, 9.17) is 9.15 Å². The zero-order chi connectivity index (χ0) is 25.2. The predicted octanol–water partition coefficient (Wildman–Crippen LogP) is 4.66. The van der Waals surface area contributed by atoms with Gasteiger partial charge in [0.1, 0.15) is 11.5 Å². The Balaban J connectivity index is 1.78. The maximum atomic E-state index is 13.1. The molecule has 0 amide bonds. The highest BCUT2D eigenvalue weighted by atomic mass is 16.5. The van der Waals surface area contributed by atoms with Gasteiger partial charge >= 0.3 is 0 Å². The van der Waals surface area contributed by atoms with Crippen molar-refractivity contribution < 1.29 is 9.15 Å². The number of pyridine rings is 1. The van der Waals surface area contributed by atoms with Crippen LogP contribution in [-0.2, 0) is 18.6 Å². The van der Waals surface area contributed by atoms with Crippen LogP contribution in [0.2, 0.25) is 0 Å². The summed E-state index contributed by atoms with van der Waals surface area (Å²) in [5, 5.41) is 13.6. The third-order valence-corrected chi connectivity index (χ3v) is 5.93. The third-order valence-electron chi connectivity index (χ3n) is 5.93. The Morgan fingerprint density at radius 2 is 1.97 bits per heavy atom. The van der Waals surface area contributed by atoms with Crippen LogP contribution in [0.3, 0.4) is 0 Å². The Morgan fingerprint density at radius 3 is 2.63 bits per heavy atom. The van der Waals surface area contributed by atoms with Crippen LogP contribution in [0.15, 0.2) is 51.9 Å². The second-order valence-electron chi connectivity index (χ2n) is 10.1. The quantitative estimate of drug-likeness (QED) is 0.373. The van der Waals surface area contributed by atoms with E-state index in [1.54, 1.807) is 6.26 Å². The van der Waals surface area contributed by atoms with Crippen LogP contribution < -0.4 is 10.3 Å². The molecule has 0 spiro atoms. The lowest BCUT2D eigenvalue weighted by Gasteiger charge is -2.34. The molecule has 0 radical (unpaired) electrons. The number of tetrazole rings is 1. The largest absolute Gasteiger partial charge is 0.494 e. The molecule has 1 N–H and O–H groups in total. The molecule has 0 aliphatic heterocycles. The van der Waals surface area contributed by atoms with Crippen LogP contribution in [0.1, 0.15) is 64.7 Å². The fraction of sp³-hybridized carbons (Fsp3) is 0.462. The lowest BCUT2D eigenvalue weighted by Crippen LogP contribution is -2.37. The number of H-pyrrole nitrogens is 1. The zero-order valence-corrected chi connectivity index (χ0v) is 21.3. The zero-order valence-electron chi connectivity index (χ0n) is 21.3. The van der Waals surface area contributed by atoms with Gasteiger partial charge < -0.3 is 14.1 Å². The number of hydrogen-bond donors (Lipinski definition) is 1. The summed E-state index contributed by atoms with van der Waals surface area (Å²) < 4.78 is 13.2. The Morgan fingerprint density at radius 1 is 1.17 bits per heavy atom. The number of fused-ring (bicyclic) bond motifs is 1. The highest BCUT2D eigenvalue weighted by Gasteiger charge is 2.33. The first kappa shape index (κ1) is 24.7. The smallest absolute Gasteiger partial charge is 0.252 e. The van der Waals surface area contributed by atoms with Crippen LogP contribution in [0.5, 0.6) is 5.75 Å². The van der Waals surface area contributed by atoms with Gasteiger partial charge in [-0.25, -0.2) is 4.68 Å². The van der Waals surface area contributed by atoms with E-state index >= 15 is 0 Å². The Bertz CT molecular complexity index is 1320. The predicted molar refractivity (Wildman–Crippen MR) is 134 cm³/mol. The van der Waals surface area contributed by atoms with Gasteiger partial charge in [-0.1, -0.05) is 13.8 Å². The molecule has 0 bridgehead atoms. The van der Waals surface area contributed by atoms with Crippen molar-refractivity contribution in [2.75, 3.05) is 6.61 Å². The van der Waals surface area contributed by atoms with Crippen LogP contribution in [-0.4, -0.2) is 36.7 Å². The van der Waals surface area contributed by atoms with Gasteiger partial charge in [0.15, 0.2) is 5.82 Å². The van der Waals surface area contributed by atoms with Crippen LogP contribution >= 0.6 is 0 Å². The second kappa shape index (κ2) is 10.0. The number of ether oxygens (including phenoxy) is 1. The fourth-order valence-electron chi connectivity index (χ4n) is 4.42. The van der Waals surface area contributed by atoms with Gasteiger partial charge in [0, 0.05) is 23.0 Å². The van der Waals surface area contributed by atoms with Gasteiger partial charge in [-0.15, -0.1) is 5.10 Å². The number of hydrogen-bond acceptors (Lipinski definition) is 7. The van der Waals surface area contributed by atoms with Crippen molar-refractivity contribution in [3.63, 3.8) is 0 Å². The van der Waals surface area contributed by atoms with Gasteiger partial charge in [-0.3, -0.25) is 9.69 Å². The molecule has 0 aliphatic carbocycles. The van der Waals surface area contributed by atoms with Gasteiger partial charge in [0.05, 0.1) is 31.0 Å². The fourth-order valence-corrected chi connectivity index (χ4v) is 4.42. The molecule has 4 aromatic rings. The Kier molecular flexibility index (Phi) is 7.07. The van der Waals surface area contributed by atoms with E-state index in [0.717, 1.165) is 28.2 Å². The van der Waals surface area contributed by atoms with E-state index < -0.39 is 0 Å². The summed E-state index contributed by atoms with van der Waals surface area (Å²) in [7, 11) is 0. The maximum absolute atomic E-state index is 13.1. The molecule has 9 nitrogen and oxygen atoms in total. The highest BCUT2D eigenvalue weighted by molar-refractivity contribution is 5.80. The molecule has 1 aromatic carbocycles. The lowest BCUT2D eigenvalue weighted by atomic mass is 9.99. The van der Waals surface area contributed by atoms with Gasteiger partial charge in [0.25, 0.3) is 5.56 Å². The summed E-state index contributed by atoms with van der Waals surface area (Å²) in [6.45, 7) is 13.9. The number of nitrogens with zero attached hydrogens (tertiary/aromatic N) is 5. The summed E-state index contributed by atoms with van der Waals surface area (Å²) in [4.78, 5) is 18.3. The van der Waals surface area contributed by atoms with E-state index in [1.807, 2.05) is 48.0 Å². The number of nitrogens with one attached hydrogen (secondary N) is 1. The molecular formula is C26H34N6O3. The first-order chi connectivity index (χ1) is 16.7. The number of rotatable bonds is 9. The van der Waals surface area contributed by atoms with Gasteiger partial charge in [-0.2, -0.15) is 0 Å². The standard InChI is InChI=1S/C26H34N6O3/c1-7-34-20-10-11-22-18(14-20)13-19(25(33)27-22)15-31(16-21-9-8-12-35-21)23(17(2)3)24-28-29-30-32(24)26(4,5)6/h8-14,17,23H,7,15-16H2,1-6H3,(H,27,33). The van der Waals surface area contributed by atoms with Crippen molar-refractivity contribution in [1.29, 1.82) is 0 Å². The summed E-state index contributed by atoms with van der Waals surface area (Å²) >= 11 is 0. The Labute approximate surface area is 205 Å². The molecular weight excluding hydrogens is 444 g/mol. The molecule has 186 valence electrons. The van der Waals surface area contributed by atoms with Crippen molar-refractivity contribution in [1.82, 2.24) is 30.1 Å². The van der Waals surface area contributed by atoms with Crippen LogP contribution in [0.4, 0.5) is 0 Å². The first-order valence-corrected chi connectivity index (χ1v) is 12.0. The monoisotopic (exact) mass is 478 g/mol.